The molecule has 4 nitrogen and oxygen atoms in total. The molecule has 1 N–H and O–H groups in total. The van der Waals surface area contributed by atoms with Gasteiger partial charge in [-0.05, 0) is 26.1 Å². The van der Waals surface area contributed by atoms with Crippen LogP contribution in [0.25, 0.3) is 0 Å². The Kier molecular flexibility index (Phi) is 9.48. The predicted molar refractivity (Wildman–Crippen MR) is 76.6 cm³/mol. The fraction of sp³-hybridized carbons (Fsp3) is 0.909. The van der Waals surface area contributed by atoms with Crippen molar-refractivity contribution in [1.29, 1.82) is 0 Å². The Hall–Kier alpha value is -0.336. The number of amides is 1. The Morgan fingerprint density at radius 2 is 1.82 bits per heavy atom. The van der Waals surface area contributed by atoms with Crippen molar-refractivity contribution in [2.45, 2.75) is 57.9 Å². The van der Waals surface area contributed by atoms with Gasteiger partial charge in [-0.15, -0.1) is 0 Å². The van der Waals surface area contributed by atoms with E-state index in [0.717, 1.165) is 6.42 Å². The van der Waals surface area contributed by atoms with Gasteiger partial charge in [0.2, 0.25) is 8.32 Å². The number of carbonyl (C=O) groups is 1. The highest BCUT2D eigenvalue weighted by Gasteiger charge is 2.18. The minimum absolute atomic E-state index is 0.239. The van der Waals surface area contributed by atoms with E-state index >= 15 is 0 Å². The molecule has 6 heteroatoms. The molecule has 0 bridgehead atoms. The average Bonchev–Trinajstić information content (AvgIpc) is 2.24. The molecule has 17 heavy (non-hydrogen) atoms. The van der Waals surface area contributed by atoms with Crippen LogP contribution in [0.15, 0.2) is 0 Å². The van der Waals surface area contributed by atoms with Gasteiger partial charge in [0.25, 0.3) is 0 Å². The minimum Gasteiger partial charge on any atom is -0.319 e. The highest BCUT2D eigenvalue weighted by atomic mass is 28.4. The van der Waals surface area contributed by atoms with Gasteiger partial charge in [0.15, 0.2) is 0 Å². The van der Waals surface area contributed by atoms with Crippen molar-refractivity contribution < 1.29 is 14.3 Å². The maximum Gasteiger partial charge on any atom is 0.437 e. The van der Waals surface area contributed by atoms with Crippen molar-refractivity contribution in [3.63, 3.8) is 0 Å². The first kappa shape index (κ1) is 16.7. The first-order valence-corrected chi connectivity index (χ1v) is 12.4. The second kappa shape index (κ2) is 9.67. The van der Waals surface area contributed by atoms with Crippen LogP contribution in [0, 0.1) is 0 Å². The highest BCUT2D eigenvalue weighted by Crippen LogP contribution is 2.04. The zero-order valence-electron chi connectivity index (χ0n) is 11.7. The van der Waals surface area contributed by atoms with Gasteiger partial charge in [-0.2, -0.15) is 0 Å². The molecule has 0 fully saturated rings. The molecule has 0 saturated heterocycles. The summed E-state index contributed by atoms with van der Waals surface area (Å²) in [5, 5.41) is 2.69. The van der Waals surface area contributed by atoms with E-state index in [1.54, 1.807) is 0 Å². The van der Waals surface area contributed by atoms with E-state index in [9.17, 15) is 4.79 Å². The third-order valence-corrected chi connectivity index (χ3v) is 3.96. The minimum atomic E-state index is -1.77. The molecular formula is C11H27NO3Si2. The number of hydrogen-bond donors (Lipinski definition) is 1. The molecule has 0 saturated carbocycles. The maximum absolute atomic E-state index is 11.2. The molecule has 0 aliphatic rings. The maximum atomic E-state index is 11.2. The third-order valence-electron chi connectivity index (χ3n) is 2.17. The molecule has 102 valence electrons. The Morgan fingerprint density at radius 3 is 2.41 bits per heavy atom. The van der Waals surface area contributed by atoms with Crippen LogP contribution in [0.2, 0.25) is 32.2 Å². The molecule has 0 atom stereocenters. The van der Waals surface area contributed by atoms with E-state index < -0.39 is 14.4 Å². The van der Waals surface area contributed by atoms with Crippen LogP contribution >= 0.6 is 0 Å². The molecule has 1 amide bonds. The number of hydrogen-bond acceptors (Lipinski definition) is 3. The zero-order valence-corrected chi connectivity index (χ0v) is 14.1. The topological polar surface area (TPSA) is 47.6 Å². The molecule has 0 unspecified atom stereocenters. The summed E-state index contributed by atoms with van der Waals surface area (Å²) in [5.74, 6) is 0. The SMILES string of the molecule is C[SiH2]CCCCCCNC(=O)OO[Si](C)(C)C. The fourth-order valence-electron chi connectivity index (χ4n) is 1.29. The molecule has 0 spiro atoms. The molecule has 0 aromatic rings. The smallest absolute Gasteiger partial charge is 0.319 e. The quantitative estimate of drug-likeness (QED) is 0.305. The monoisotopic (exact) mass is 277 g/mol. The first-order chi connectivity index (χ1) is 7.95. The lowest BCUT2D eigenvalue weighted by molar-refractivity contribution is -0.153. The van der Waals surface area contributed by atoms with Crippen LogP contribution in [0.3, 0.4) is 0 Å². The molecule has 0 aliphatic heterocycles. The summed E-state index contributed by atoms with van der Waals surface area (Å²) < 4.78 is 5.03. The fourth-order valence-corrected chi connectivity index (χ4v) is 2.47. The summed E-state index contributed by atoms with van der Waals surface area (Å²) in [4.78, 5) is 15.9. The van der Waals surface area contributed by atoms with Crippen molar-refractivity contribution in [2.75, 3.05) is 6.54 Å². The van der Waals surface area contributed by atoms with Crippen molar-refractivity contribution in [3.05, 3.63) is 0 Å². The summed E-state index contributed by atoms with van der Waals surface area (Å²) in [7, 11) is -1.53. The van der Waals surface area contributed by atoms with Crippen molar-refractivity contribution in [1.82, 2.24) is 5.32 Å². The number of unbranched alkanes of at least 4 members (excludes halogenated alkanes) is 3. The predicted octanol–water partition coefficient (Wildman–Crippen LogP) is 2.67. The van der Waals surface area contributed by atoms with Crippen LogP contribution in [-0.2, 0) is 9.46 Å². The van der Waals surface area contributed by atoms with Crippen LogP contribution < -0.4 is 5.32 Å². The number of nitrogens with one attached hydrogen (secondary N) is 1. The van der Waals surface area contributed by atoms with Crippen LogP contribution in [-0.4, -0.2) is 30.5 Å². The standard InChI is InChI=1S/C11H27NO3Si2/c1-16-10-8-6-5-7-9-12-11(13)14-15-17(2,3)4/h5-10,16H2,1-4H3,(H,12,13). The largest absolute Gasteiger partial charge is 0.437 e. The Morgan fingerprint density at radius 1 is 1.18 bits per heavy atom. The third kappa shape index (κ3) is 13.6. The van der Waals surface area contributed by atoms with E-state index in [2.05, 4.69) is 16.8 Å². The van der Waals surface area contributed by atoms with E-state index in [1.165, 1.54) is 25.3 Å². The second-order valence-corrected chi connectivity index (χ2v) is 11.4. The summed E-state index contributed by atoms with van der Waals surface area (Å²) in [6.07, 6.45) is 4.37. The summed E-state index contributed by atoms with van der Waals surface area (Å²) in [6, 6.07) is 1.44. The summed E-state index contributed by atoms with van der Waals surface area (Å²) in [5.41, 5.74) is 0. The van der Waals surface area contributed by atoms with Gasteiger partial charge in [0, 0.05) is 16.1 Å². The van der Waals surface area contributed by atoms with Crippen molar-refractivity contribution in [3.8, 4) is 0 Å². The van der Waals surface area contributed by atoms with Crippen LogP contribution in [0.1, 0.15) is 25.7 Å². The van der Waals surface area contributed by atoms with E-state index in [-0.39, 0.29) is 9.52 Å². The van der Waals surface area contributed by atoms with Gasteiger partial charge >= 0.3 is 6.09 Å². The summed E-state index contributed by atoms with van der Waals surface area (Å²) >= 11 is 0. The van der Waals surface area contributed by atoms with Gasteiger partial charge in [0.05, 0.1) is 0 Å². The molecule has 0 radical (unpaired) electrons. The lowest BCUT2D eigenvalue weighted by atomic mass is 10.2. The first-order valence-electron chi connectivity index (χ1n) is 6.59. The van der Waals surface area contributed by atoms with Crippen molar-refractivity contribution >= 4 is 23.9 Å². The van der Waals surface area contributed by atoms with Gasteiger partial charge in [-0.25, -0.2) is 9.37 Å². The Bertz CT molecular complexity index is 207. The van der Waals surface area contributed by atoms with Crippen molar-refractivity contribution in [2.24, 2.45) is 0 Å². The number of rotatable bonds is 9. The molecule has 0 aliphatic carbocycles. The van der Waals surface area contributed by atoms with E-state index in [4.69, 9.17) is 4.58 Å². The molecular weight excluding hydrogens is 250 g/mol. The summed E-state index contributed by atoms with van der Waals surface area (Å²) in [6.45, 7) is 8.93. The van der Waals surface area contributed by atoms with E-state index in [0.29, 0.717) is 6.54 Å². The Balaban J connectivity index is 3.28. The highest BCUT2D eigenvalue weighted by molar-refractivity contribution is 6.69. The molecule has 0 rings (SSSR count). The lowest BCUT2D eigenvalue weighted by Gasteiger charge is -2.14. The van der Waals surface area contributed by atoms with Gasteiger partial charge in [-0.1, -0.05) is 31.9 Å². The lowest BCUT2D eigenvalue weighted by Crippen LogP contribution is -2.32. The number of carbonyl (C=O) groups excluding carboxylic acids is 1. The van der Waals surface area contributed by atoms with E-state index in [1.807, 2.05) is 19.6 Å². The second-order valence-electron chi connectivity index (χ2n) is 5.26. The molecule has 0 aromatic carbocycles. The average molecular weight is 278 g/mol. The normalized spacial score (nSPS) is 12.0. The zero-order chi connectivity index (χ0) is 13.1. The van der Waals surface area contributed by atoms with Gasteiger partial charge in [0.1, 0.15) is 0 Å². The van der Waals surface area contributed by atoms with Gasteiger partial charge < -0.3 is 5.32 Å². The van der Waals surface area contributed by atoms with Crippen LogP contribution in [0.4, 0.5) is 4.79 Å². The van der Waals surface area contributed by atoms with Crippen LogP contribution in [0.5, 0.6) is 0 Å². The molecule has 0 heterocycles. The Labute approximate surface area is 108 Å². The molecule has 0 aromatic heterocycles. The van der Waals surface area contributed by atoms with Gasteiger partial charge in [-0.3, -0.25) is 4.89 Å².